The lowest BCUT2D eigenvalue weighted by atomic mass is 10.0. The highest BCUT2D eigenvalue weighted by molar-refractivity contribution is 5.36. The molecule has 21 heavy (non-hydrogen) atoms. The van der Waals surface area contributed by atoms with Crippen LogP contribution in [-0.4, -0.2) is 38.9 Å². The Morgan fingerprint density at radius 1 is 1.29 bits per heavy atom. The minimum Gasteiger partial charge on any atom is -0.387 e. The van der Waals surface area contributed by atoms with Gasteiger partial charge in [-0.2, -0.15) is 5.10 Å². The second-order valence-corrected chi connectivity index (χ2v) is 6.34. The van der Waals surface area contributed by atoms with Gasteiger partial charge in [0.05, 0.1) is 12.3 Å². The Bertz CT molecular complexity index is 651. The standard InChI is InChI=1S/C17H21N3O/c1-19-10-14(9-18-19)13-6-7-20(11-13)16-8-12-4-2-3-5-15(12)17(16)21/h2-5,9-10,13,16-17,21H,6-8,11H2,1H3/t13-,16+,17+/m1/s1. The summed E-state index contributed by atoms with van der Waals surface area (Å²) in [4.78, 5) is 2.46. The number of likely N-dealkylation sites (tertiary alicyclic amines) is 1. The van der Waals surface area contributed by atoms with Gasteiger partial charge in [-0.1, -0.05) is 24.3 Å². The molecule has 4 rings (SSSR count). The summed E-state index contributed by atoms with van der Waals surface area (Å²) in [6.07, 6.45) is 5.89. The molecule has 0 spiro atoms. The predicted octanol–water partition coefficient (Wildman–Crippen LogP) is 1.87. The van der Waals surface area contributed by atoms with Gasteiger partial charge in [-0.05, 0) is 36.1 Å². The monoisotopic (exact) mass is 283 g/mol. The van der Waals surface area contributed by atoms with E-state index in [4.69, 9.17) is 0 Å². The Morgan fingerprint density at radius 3 is 2.90 bits per heavy atom. The highest BCUT2D eigenvalue weighted by Crippen LogP contribution is 2.38. The molecular formula is C17H21N3O. The molecule has 1 aromatic heterocycles. The van der Waals surface area contributed by atoms with E-state index in [1.807, 2.05) is 24.0 Å². The van der Waals surface area contributed by atoms with E-state index in [0.717, 1.165) is 31.5 Å². The zero-order valence-corrected chi connectivity index (χ0v) is 12.3. The van der Waals surface area contributed by atoms with Crippen molar-refractivity contribution in [3.63, 3.8) is 0 Å². The Morgan fingerprint density at radius 2 is 2.14 bits per heavy atom. The van der Waals surface area contributed by atoms with Crippen LogP contribution in [0.4, 0.5) is 0 Å². The first-order valence-corrected chi connectivity index (χ1v) is 7.71. The predicted molar refractivity (Wildman–Crippen MR) is 81.0 cm³/mol. The minimum atomic E-state index is -0.339. The Hall–Kier alpha value is -1.65. The zero-order chi connectivity index (χ0) is 14.4. The summed E-state index contributed by atoms with van der Waals surface area (Å²) >= 11 is 0. The number of benzene rings is 1. The molecule has 0 unspecified atom stereocenters. The summed E-state index contributed by atoms with van der Waals surface area (Å²) in [5.74, 6) is 0.551. The summed E-state index contributed by atoms with van der Waals surface area (Å²) in [7, 11) is 1.97. The van der Waals surface area contributed by atoms with Crippen LogP contribution in [0.1, 0.15) is 35.1 Å². The zero-order valence-electron chi connectivity index (χ0n) is 12.3. The van der Waals surface area contributed by atoms with Crippen LogP contribution in [0, 0.1) is 0 Å². The van der Waals surface area contributed by atoms with E-state index in [0.29, 0.717) is 5.92 Å². The first-order chi connectivity index (χ1) is 10.2. The van der Waals surface area contributed by atoms with Crippen LogP contribution in [-0.2, 0) is 13.5 Å². The Balaban J connectivity index is 1.50. The van der Waals surface area contributed by atoms with Crippen molar-refractivity contribution in [3.8, 4) is 0 Å². The largest absolute Gasteiger partial charge is 0.387 e. The molecule has 1 aliphatic carbocycles. The maximum Gasteiger partial charge on any atom is 0.0951 e. The molecule has 110 valence electrons. The normalized spacial score (nSPS) is 29.0. The number of nitrogens with zero attached hydrogens (tertiary/aromatic N) is 3. The van der Waals surface area contributed by atoms with Crippen molar-refractivity contribution >= 4 is 0 Å². The van der Waals surface area contributed by atoms with Gasteiger partial charge in [-0.3, -0.25) is 9.58 Å². The maximum absolute atomic E-state index is 10.6. The SMILES string of the molecule is Cn1cc([C@@H]2CCN([C@H]3Cc4ccccc4[C@@H]3O)C2)cn1. The molecule has 1 N–H and O–H groups in total. The fourth-order valence-electron chi connectivity index (χ4n) is 3.89. The number of aryl methyl sites for hydroxylation is 1. The van der Waals surface area contributed by atoms with Crippen molar-refractivity contribution in [2.24, 2.45) is 7.05 Å². The van der Waals surface area contributed by atoms with Crippen molar-refractivity contribution in [1.29, 1.82) is 0 Å². The lowest BCUT2D eigenvalue weighted by Gasteiger charge is -2.26. The molecule has 2 aromatic rings. The summed E-state index contributed by atoms with van der Waals surface area (Å²) in [5.41, 5.74) is 3.75. The first-order valence-electron chi connectivity index (χ1n) is 7.71. The fourth-order valence-corrected chi connectivity index (χ4v) is 3.89. The summed E-state index contributed by atoms with van der Waals surface area (Å²) in [6, 6.07) is 8.54. The quantitative estimate of drug-likeness (QED) is 0.915. The molecular weight excluding hydrogens is 262 g/mol. The van der Waals surface area contributed by atoms with Crippen LogP contribution < -0.4 is 0 Å². The van der Waals surface area contributed by atoms with Crippen molar-refractivity contribution in [3.05, 3.63) is 53.3 Å². The van der Waals surface area contributed by atoms with Gasteiger partial charge in [-0.25, -0.2) is 0 Å². The number of rotatable bonds is 2. The Kier molecular flexibility index (Phi) is 3.08. The molecule has 0 saturated carbocycles. The van der Waals surface area contributed by atoms with Crippen molar-refractivity contribution < 1.29 is 5.11 Å². The third-order valence-electron chi connectivity index (χ3n) is 5.05. The van der Waals surface area contributed by atoms with Gasteiger partial charge >= 0.3 is 0 Å². The maximum atomic E-state index is 10.6. The lowest BCUT2D eigenvalue weighted by Crippen LogP contribution is -2.36. The smallest absolute Gasteiger partial charge is 0.0951 e. The van der Waals surface area contributed by atoms with E-state index in [1.165, 1.54) is 11.1 Å². The average molecular weight is 283 g/mol. The molecule has 3 atom stereocenters. The molecule has 0 amide bonds. The van der Waals surface area contributed by atoms with Crippen molar-refractivity contribution in [2.75, 3.05) is 13.1 Å². The van der Waals surface area contributed by atoms with Crippen LogP contribution in [0.2, 0.25) is 0 Å². The van der Waals surface area contributed by atoms with Crippen molar-refractivity contribution in [2.45, 2.75) is 30.9 Å². The highest BCUT2D eigenvalue weighted by atomic mass is 16.3. The molecule has 1 aliphatic heterocycles. The van der Waals surface area contributed by atoms with Crippen LogP contribution in [0.15, 0.2) is 36.7 Å². The third kappa shape index (κ3) is 2.19. The van der Waals surface area contributed by atoms with E-state index in [-0.39, 0.29) is 12.1 Å². The molecule has 4 heteroatoms. The second-order valence-electron chi connectivity index (χ2n) is 6.34. The number of aromatic nitrogens is 2. The molecule has 0 bridgehead atoms. The number of aliphatic hydroxyl groups excluding tert-OH is 1. The lowest BCUT2D eigenvalue weighted by molar-refractivity contribution is 0.0742. The van der Waals surface area contributed by atoms with E-state index < -0.39 is 0 Å². The summed E-state index contributed by atoms with van der Waals surface area (Å²) in [6.45, 7) is 2.09. The highest BCUT2D eigenvalue weighted by Gasteiger charge is 2.38. The number of hydrogen-bond acceptors (Lipinski definition) is 3. The number of fused-ring (bicyclic) bond motifs is 1. The average Bonchev–Trinajstić information content (AvgIpc) is 3.18. The molecule has 2 heterocycles. The first kappa shape index (κ1) is 13.0. The third-order valence-corrected chi connectivity index (χ3v) is 5.05. The van der Waals surface area contributed by atoms with Gasteiger partial charge in [0.25, 0.3) is 0 Å². The van der Waals surface area contributed by atoms with Gasteiger partial charge in [0.15, 0.2) is 0 Å². The van der Waals surface area contributed by atoms with Gasteiger partial charge in [0, 0.05) is 31.7 Å². The molecule has 1 fully saturated rings. The van der Waals surface area contributed by atoms with Crippen LogP contribution in [0.25, 0.3) is 0 Å². The molecule has 1 aromatic carbocycles. The number of hydrogen-bond donors (Lipinski definition) is 1. The molecule has 1 saturated heterocycles. The molecule has 0 radical (unpaired) electrons. The van der Waals surface area contributed by atoms with Gasteiger partial charge < -0.3 is 5.11 Å². The van der Waals surface area contributed by atoms with E-state index >= 15 is 0 Å². The topological polar surface area (TPSA) is 41.3 Å². The van der Waals surface area contributed by atoms with Crippen LogP contribution in [0.3, 0.4) is 0 Å². The van der Waals surface area contributed by atoms with Gasteiger partial charge in [-0.15, -0.1) is 0 Å². The van der Waals surface area contributed by atoms with E-state index in [2.05, 4.69) is 34.4 Å². The molecule has 4 nitrogen and oxygen atoms in total. The van der Waals surface area contributed by atoms with Gasteiger partial charge in [0.1, 0.15) is 0 Å². The van der Waals surface area contributed by atoms with Crippen molar-refractivity contribution in [1.82, 2.24) is 14.7 Å². The summed E-state index contributed by atoms with van der Waals surface area (Å²) in [5, 5.41) is 14.9. The molecule has 2 aliphatic rings. The Labute approximate surface area is 125 Å². The van der Waals surface area contributed by atoms with E-state index in [1.54, 1.807) is 0 Å². The van der Waals surface area contributed by atoms with E-state index in [9.17, 15) is 5.11 Å². The van der Waals surface area contributed by atoms with Gasteiger partial charge in [0.2, 0.25) is 0 Å². The summed E-state index contributed by atoms with van der Waals surface area (Å²) < 4.78 is 1.87. The second kappa shape index (κ2) is 4.97. The van der Waals surface area contributed by atoms with Crippen LogP contribution in [0.5, 0.6) is 0 Å². The number of aliphatic hydroxyl groups is 1. The van der Waals surface area contributed by atoms with Crippen LogP contribution >= 0.6 is 0 Å². The fraction of sp³-hybridized carbons (Fsp3) is 0.471. The minimum absolute atomic E-state index is 0.240.